The molecular formula is C15H18ClFN2OS. The highest BCUT2D eigenvalue weighted by Crippen LogP contribution is 2.21. The second-order valence-corrected chi connectivity index (χ2v) is 6.16. The van der Waals surface area contributed by atoms with Crippen molar-refractivity contribution >= 4 is 28.5 Å². The summed E-state index contributed by atoms with van der Waals surface area (Å²) in [6.45, 7) is 0.807. The first-order valence-corrected chi connectivity index (χ1v) is 8.18. The molecule has 2 N–H and O–H groups in total. The molecule has 1 aliphatic heterocycles. The third-order valence-electron chi connectivity index (χ3n) is 3.12. The van der Waals surface area contributed by atoms with Crippen molar-refractivity contribution in [2.45, 2.75) is 25.9 Å². The molecule has 0 fully saturated rings. The molecule has 21 heavy (non-hydrogen) atoms. The summed E-state index contributed by atoms with van der Waals surface area (Å²) >= 11 is 7.50. The van der Waals surface area contributed by atoms with Crippen LogP contribution in [0.25, 0.3) is 0 Å². The lowest BCUT2D eigenvalue weighted by atomic mass is 10.1. The van der Waals surface area contributed by atoms with Crippen LogP contribution in [-0.2, 0) is 11.3 Å². The van der Waals surface area contributed by atoms with E-state index in [-0.39, 0.29) is 12.4 Å². The zero-order chi connectivity index (χ0) is 15.1. The lowest BCUT2D eigenvalue weighted by Crippen LogP contribution is -2.10. The minimum Gasteiger partial charge on any atom is -0.378 e. The van der Waals surface area contributed by atoms with Crippen LogP contribution in [0.2, 0.25) is 5.02 Å². The Morgan fingerprint density at radius 3 is 2.95 bits per heavy atom. The number of benzene rings is 1. The van der Waals surface area contributed by atoms with E-state index < -0.39 is 0 Å². The lowest BCUT2D eigenvalue weighted by Gasteiger charge is -2.10. The van der Waals surface area contributed by atoms with Gasteiger partial charge in [0.1, 0.15) is 5.82 Å². The fourth-order valence-electron chi connectivity index (χ4n) is 1.93. The maximum Gasteiger partial charge on any atom is 0.158 e. The number of aliphatic imine (C=N–C) groups is 1. The van der Waals surface area contributed by atoms with Crippen LogP contribution < -0.4 is 5.73 Å². The molecule has 0 bridgehead atoms. The Kier molecular flexibility index (Phi) is 6.54. The molecule has 0 unspecified atom stereocenters. The van der Waals surface area contributed by atoms with Crippen molar-refractivity contribution in [3.05, 3.63) is 46.4 Å². The molecule has 0 aromatic heterocycles. The average molecular weight is 329 g/mol. The number of hydrogen-bond donors (Lipinski definition) is 1. The molecule has 0 saturated heterocycles. The summed E-state index contributed by atoms with van der Waals surface area (Å²) < 4.78 is 19.0. The maximum atomic E-state index is 13.5. The van der Waals surface area contributed by atoms with Crippen molar-refractivity contribution in [3.63, 3.8) is 0 Å². The van der Waals surface area contributed by atoms with Crippen LogP contribution in [0.1, 0.15) is 24.8 Å². The van der Waals surface area contributed by atoms with Gasteiger partial charge in [-0.1, -0.05) is 29.4 Å². The van der Waals surface area contributed by atoms with E-state index in [2.05, 4.69) is 4.99 Å². The Balaban J connectivity index is 1.62. The number of rotatable bonds is 7. The standard InChI is InChI=1S/C15H18ClFN2OS/c16-13-5-3-6-14(17)12(13)9-20-7-2-1-4-11-8-19-15(18)21-10-11/h3,5-6,8H,1-2,4,7,9-10H2,(H2,18,19). The number of thioether (sulfide) groups is 1. The predicted molar refractivity (Wildman–Crippen MR) is 87.1 cm³/mol. The molecule has 0 atom stereocenters. The smallest absolute Gasteiger partial charge is 0.158 e. The molecular weight excluding hydrogens is 311 g/mol. The van der Waals surface area contributed by atoms with E-state index in [9.17, 15) is 4.39 Å². The Morgan fingerprint density at radius 2 is 2.24 bits per heavy atom. The topological polar surface area (TPSA) is 47.6 Å². The molecule has 1 aliphatic rings. The molecule has 0 aliphatic carbocycles. The Hall–Kier alpha value is -1.04. The second kappa shape index (κ2) is 8.41. The monoisotopic (exact) mass is 328 g/mol. The molecule has 0 spiro atoms. The van der Waals surface area contributed by atoms with Crippen LogP contribution in [0.15, 0.2) is 35.0 Å². The fourth-order valence-corrected chi connectivity index (χ4v) is 2.83. The molecule has 1 aromatic rings. The molecule has 0 radical (unpaired) electrons. The van der Waals surface area contributed by atoms with Crippen LogP contribution in [0.3, 0.4) is 0 Å². The van der Waals surface area contributed by atoms with Crippen LogP contribution >= 0.6 is 23.4 Å². The highest BCUT2D eigenvalue weighted by atomic mass is 35.5. The van der Waals surface area contributed by atoms with Gasteiger partial charge >= 0.3 is 0 Å². The van der Waals surface area contributed by atoms with Gasteiger partial charge in [-0.05, 0) is 37.0 Å². The van der Waals surface area contributed by atoms with Crippen LogP contribution in [-0.4, -0.2) is 17.5 Å². The molecule has 0 amide bonds. The molecule has 114 valence electrons. The molecule has 2 rings (SSSR count). The number of nitrogens with zero attached hydrogens (tertiary/aromatic N) is 1. The third kappa shape index (κ3) is 5.34. The Labute approximate surface area is 133 Å². The minimum absolute atomic E-state index is 0.213. The third-order valence-corrected chi connectivity index (χ3v) is 4.39. The lowest BCUT2D eigenvalue weighted by molar-refractivity contribution is 0.115. The van der Waals surface area contributed by atoms with Gasteiger partial charge < -0.3 is 10.5 Å². The van der Waals surface area contributed by atoms with Gasteiger partial charge in [-0.3, -0.25) is 0 Å². The van der Waals surface area contributed by atoms with E-state index in [0.29, 0.717) is 22.4 Å². The minimum atomic E-state index is -0.317. The summed E-state index contributed by atoms with van der Waals surface area (Å²) in [5, 5.41) is 1.04. The summed E-state index contributed by atoms with van der Waals surface area (Å²) in [4.78, 5) is 4.09. The van der Waals surface area contributed by atoms with Crippen molar-refractivity contribution in [2.24, 2.45) is 10.7 Å². The largest absolute Gasteiger partial charge is 0.378 e. The predicted octanol–water partition coefficient (Wildman–Crippen LogP) is 4.11. The van der Waals surface area contributed by atoms with E-state index in [1.54, 1.807) is 23.9 Å². The fraction of sp³-hybridized carbons (Fsp3) is 0.400. The van der Waals surface area contributed by atoms with Crippen molar-refractivity contribution in [2.75, 3.05) is 12.4 Å². The van der Waals surface area contributed by atoms with E-state index in [1.807, 2.05) is 6.20 Å². The first-order valence-electron chi connectivity index (χ1n) is 6.81. The highest BCUT2D eigenvalue weighted by molar-refractivity contribution is 8.14. The second-order valence-electron chi connectivity index (χ2n) is 4.75. The van der Waals surface area contributed by atoms with Crippen molar-refractivity contribution < 1.29 is 9.13 Å². The van der Waals surface area contributed by atoms with Gasteiger partial charge in [-0.2, -0.15) is 0 Å². The van der Waals surface area contributed by atoms with Crippen LogP contribution in [0.5, 0.6) is 0 Å². The van der Waals surface area contributed by atoms with E-state index in [0.717, 1.165) is 25.0 Å². The number of nitrogens with two attached hydrogens (primary N) is 1. The number of halogens is 2. The van der Waals surface area contributed by atoms with Crippen LogP contribution in [0, 0.1) is 5.82 Å². The summed E-state index contributed by atoms with van der Waals surface area (Å²) in [5.41, 5.74) is 7.30. The molecule has 0 saturated carbocycles. The number of hydrogen-bond acceptors (Lipinski definition) is 4. The van der Waals surface area contributed by atoms with E-state index in [1.165, 1.54) is 11.6 Å². The van der Waals surface area contributed by atoms with E-state index in [4.69, 9.17) is 22.1 Å². The molecule has 3 nitrogen and oxygen atoms in total. The first kappa shape index (κ1) is 16.3. The molecule has 1 heterocycles. The van der Waals surface area contributed by atoms with Crippen LogP contribution in [0.4, 0.5) is 4.39 Å². The van der Waals surface area contributed by atoms with Crippen molar-refractivity contribution in [3.8, 4) is 0 Å². The van der Waals surface area contributed by atoms with Crippen molar-refractivity contribution in [1.82, 2.24) is 0 Å². The molecule has 1 aromatic carbocycles. The maximum absolute atomic E-state index is 13.5. The summed E-state index contributed by atoms with van der Waals surface area (Å²) in [7, 11) is 0. The quantitative estimate of drug-likeness (QED) is 0.766. The van der Waals surface area contributed by atoms with Gasteiger partial charge in [0.25, 0.3) is 0 Å². The summed E-state index contributed by atoms with van der Waals surface area (Å²) in [6, 6.07) is 4.65. The van der Waals surface area contributed by atoms with Gasteiger partial charge in [-0.15, -0.1) is 0 Å². The number of ether oxygens (including phenoxy) is 1. The van der Waals surface area contributed by atoms with Crippen molar-refractivity contribution in [1.29, 1.82) is 0 Å². The Bertz CT molecular complexity index is 528. The van der Waals surface area contributed by atoms with Gasteiger partial charge in [0.15, 0.2) is 5.17 Å². The zero-order valence-electron chi connectivity index (χ0n) is 11.6. The average Bonchev–Trinajstić information content (AvgIpc) is 2.47. The normalized spacial score (nSPS) is 14.8. The van der Waals surface area contributed by atoms with Gasteiger partial charge in [0.2, 0.25) is 0 Å². The van der Waals surface area contributed by atoms with Gasteiger partial charge in [0, 0.05) is 29.1 Å². The summed E-state index contributed by atoms with van der Waals surface area (Å²) in [5.74, 6) is 0.600. The SMILES string of the molecule is NC1=NC=C(CCCCOCc2c(F)cccc2Cl)CS1. The highest BCUT2D eigenvalue weighted by Gasteiger charge is 2.07. The zero-order valence-corrected chi connectivity index (χ0v) is 13.2. The number of amidine groups is 1. The summed E-state index contributed by atoms with van der Waals surface area (Å²) in [6.07, 6.45) is 4.79. The van der Waals surface area contributed by atoms with Gasteiger partial charge in [0.05, 0.1) is 6.61 Å². The number of unbranched alkanes of at least 4 members (excludes halogenated alkanes) is 1. The van der Waals surface area contributed by atoms with E-state index >= 15 is 0 Å². The van der Waals surface area contributed by atoms with Gasteiger partial charge in [-0.25, -0.2) is 9.38 Å². The molecule has 6 heteroatoms. The Morgan fingerprint density at radius 1 is 1.38 bits per heavy atom. The first-order chi connectivity index (χ1) is 10.2.